The summed E-state index contributed by atoms with van der Waals surface area (Å²) in [5.41, 5.74) is 0.429. The van der Waals surface area contributed by atoms with Crippen molar-refractivity contribution in [1.29, 1.82) is 0 Å². The fourth-order valence-corrected chi connectivity index (χ4v) is 2.40. The van der Waals surface area contributed by atoms with Crippen molar-refractivity contribution in [2.24, 2.45) is 5.18 Å². The molecular weight excluding hydrogens is 284 g/mol. The van der Waals surface area contributed by atoms with Gasteiger partial charge in [0.25, 0.3) is 0 Å². The summed E-state index contributed by atoms with van der Waals surface area (Å²) in [4.78, 5) is 30.4. The predicted molar refractivity (Wildman–Crippen MR) is 84.3 cm³/mol. The van der Waals surface area contributed by atoms with Crippen LogP contribution in [0.3, 0.4) is 0 Å². The van der Waals surface area contributed by atoms with E-state index in [0.717, 1.165) is 5.69 Å². The number of carbonyl (C=O) groups is 1. The van der Waals surface area contributed by atoms with Crippen molar-refractivity contribution in [3.63, 3.8) is 0 Å². The maximum atomic E-state index is 12.2. The van der Waals surface area contributed by atoms with Gasteiger partial charge in [-0.2, -0.15) is 0 Å². The fraction of sp³-hybridized carbons (Fsp3) is 0.600. The highest BCUT2D eigenvalue weighted by Gasteiger charge is 2.30. The van der Waals surface area contributed by atoms with Gasteiger partial charge >= 0.3 is 6.09 Å². The maximum Gasteiger partial charge on any atom is 0.410 e. The summed E-state index contributed by atoms with van der Waals surface area (Å²) in [6, 6.07) is 3.44. The van der Waals surface area contributed by atoms with Crippen LogP contribution in [-0.2, 0) is 4.74 Å². The van der Waals surface area contributed by atoms with Crippen LogP contribution in [0.2, 0.25) is 0 Å². The van der Waals surface area contributed by atoms with Gasteiger partial charge in [-0.25, -0.2) is 9.78 Å². The van der Waals surface area contributed by atoms with Crippen LogP contribution in [-0.4, -0.2) is 47.3 Å². The third-order valence-corrected chi connectivity index (χ3v) is 3.45. The van der Waals surface area contributed by atoms with E-state index in [0.29, 0.717) is 19.6 Å². The fourth-order valence-electron chi connectivity index (χ4n) is 2.40. The largest absolute Gasteiger partial charge is 0.444 e. The number of nitroso groups, excluding NO2 is 1. The van der Waals surface area contributed by atoms with Crippen LogP contribution in [0.25, 0.3) is 0 Å². The highest BCUT2D eigenvalue weighted by atomic mass is 16.6. The first-order valence-corrected chi connectivity index (χ1v) is 7.34. The van der Waals surface area contributed by atoms with Crippen LogP contribution in [0, 0.1) is 4.91 Å². The molecule has 1 saturated heterocycles. The number of pyridine rings is 1. The van der Waals surface area contributed by atoms with E-state index in [2.05, 4.69) is 15.1 Å². The molecule has 0 saturated carbocycles. The molecule has 7 heteroatoms. The van der Waals surface area contributed by atoms with E-state index in [1.54, 1.807) is 17.2 Å². The summed E-state index contributed by atoms with van der Waals surface area (Å²) in [7, 11) is 0. The first-order chi connectivity index (χ1) is 10.3. The zero-order valence-corrected chi connectivity index (χ0v) is 13.4. The van der Waals surface area contributed by atoms with Crippen LogP contribution in [0.15, 0.2) is 23.5 Å². The van der Waals surface area contributed by atoms with Gasteiger partial charge in [-0.05, 0) is 45.0 Å². The SMILES string of the molecule is CC1CN(c2ccc(N=O)nc2)CCN1C(=O)OC(C)(C)C. The lowest BCUT2D eigenvalue weighted by Gasteiger charge is -2.41. The van der Waals surface area contributed by atoms with E-state index >= 15 is 0 Å². The molecule has 0 aliphatic carbocycles. The molecular formula is C15H22N4O3. The number of carbonyl (C=O) groups excluding carboxylic acids is 1. The molecule has 22 heavy (non-hydrogen) atoms. The minimum atomic E-state index is -0.491. The Morgan fingerprint density at radius 3 is 2.59 bits per heavy atom. The standard InChI is InChI=1S/C15H22N4O3/c1-11-10-18(12-5-6-13(17-21)16-9-12)7-8-19(11)14(20)22-15(2,3)4/h5-6,9,11H,7-8,10H2,1-4H3. The van der Waals surface area contributed by atoms with Crippen molar-refractivity contribution in [1.82, 2.24) is 9.88 Å². The number of rotatable bonds is 2. The van der Waals surface area contributed by atoms with Gasteiger partial charge in [0, 0.05) is 25.7 Å². The lowest BCUT2D eigenvalue weighted by molar-refractivity contribution is 0.0159. The third kappa shape index (κ3) is 3.93. The molecule has 1 atom stereocenters. The third-order valence-electron chi connectivity index (χ3n) is 3.45. The summed E-state index contributed by atoms with van der Waals surface area (Å²) in [6.07, 6.45) is 1.35. The Balaban J connectivity index is 1.99. The predicted octanol–water partition coefficient (Wildman–Crippen LogP) is 2.93. The van der Waals surface area contributed by atoms with Gasteiger partial charge in [0.2, 0.25) is 0 Å². The Morgan fingerprint density at radius 1 is 1.36 bits per heavy atom. The van der Waals surface area contributed by atoms with Crippen LogP contribution >= 0.6 is 0 Å². The number of aromatic nitrogens is 1. The number of piperazine rings is 1. The molecule has 1 aromatic rings. The van der Waals surface area contributed by atoms with Crippen molar-refractivity contribution in [2.45, 2.75) is 39.3 Å². The van der Waals surface area contributed by atoms with Crippen LogP contribution in [0.5, 0.6) is 0 Å². The molecule has 1 aliphatic rings. The van der Waals surface area contributed by atoms with E-state index in [1.165, 1.54) is 0 Å². The number of hydrogen-bond donors (Lipinski definition) is 0. The van der Waals surface area contributed by atoms with Gasteiger partial charge in [-0.1, -0.05) is 0 Å². The molecule has 1 aliphatic heterocycles. The zero-order chi connectivity index (χ0) is 16.3. The quantitative estimate of drug-likeness (QED) is 0.785. The van der Waals surface area contributed by atoms with E-state index in [9.17, 15) is 9.70 Å². The molecule has 0 radical (unpaired) electrons. The van der Waals surface area contributed by atoms with E-state index < -0.39 is 5.60 Å². The zero-order valence-electron chi connectivity index (χ0n) is 13.4. The highest BCUT2D eigenvalue weighted by Crippen LogP contribution is 2.21. The van der Waals surface area contributed by atoms with Crippen LogP contribution < -0.4 is 4.90 Å². The normalized spacial score (nSPS) is 19.0. The number of nitrogens with zero attached hydrogens (tertiary/aromatic N) is 4. The van der Waals surface area contributed by atoms with Gasteiger partial charge < -0.3 is 14.5 Å². The summed E-state index contributed by atoms with van der Waals surface area (Å²) in [5, 5.41) is 2.79. The summed E-state index contributed by atoms with van der Waals surface area (Å²) in [5.74, 6) is 0.171. The Hall–Kier alpha value is -2.18. The van der Waals surface area contributed by atoms with E-state index in [4.69, 9.17) is 4.74 Å². The molecule has 2 rings (SSSR count). The molecule has 1 amide bonds. The number of amides is 1. The molecule has 1 fully saturated rings. The van der Waals surface area contributed by atoms with Gasteiger partial charge in [-0.3, -0.25) is 0 Å². The van der Waals surface area contributed by atoms with Crippen molar-refractivity contribution < 1.29 is 9.53 Å². The molecule has 0 aromatic carbocycles. The lowest BCUT2D eigenvalue weighted by atomic mass is 10.1. The lowest BCUT2D eigenvalue weighted by Crippen LogP contribution is -2.55. The molecule has 7 nitrogen and oxygen atoms in total. The van der Waals surface area contributed by atoms with Gasteiger partial charge in [-0.15, -0.1) is 4.91 Å². The Labute approximate surface area is 130 Å². The van der Waals surface area contributed by atoms with Crippen molar-refractivity contribution in [2.75, 3.05) is 24.5 Å². The second-order valence-electron chi connectivity index (χ2n) is 6.43. The Kier molecular flexibility index (Phi) is 4.63. The van der Waals surface area contributed by atoms with Gasteiger partial charge in [0.1, 0.15) is 5.60 Å². The summed E-state index contributed by atoms with van der Waals surface area (Å²) >= 11 is 0. The van der Waals surface area contributed by atoms with Gasteiger partial charge in [0.05, 0.1) is 11.9 Å². The first-order valence-electron chi connectivity index (χ1n) is 7.34. The minimum Gasteiger partial charge on any atom is -0.444 e. The molecule has 0 N–H and O–H groups in total. The first kappa shape index (κ1) is 16.2. The molecule has 1 unspecified atom stereocenters. The average molecular weight is 306 g/mol. The number of hydrogen-bond acceptors (Lipinski definition) is 6. The summed E-state index contributed by atoms with van der Waals surface area (Å²) < 4.78 is 5.43. The maximum absolute atomic E-state index is 12.2. The molecule has 0 bridgehead atoms. The molecule has 120 valence electrons. The monoisotopic (exact) mass is 306 g/mol. The van der Waals surface area contributed by atoms with Crippen molar-refractivity contribution in [3.8, 4) is 0 Å². The van der Waals surface area contributed by atoms with E-state index in [1.807, 2.05) is 33.8 Å². The van der Waals surface area contributed by atoms with Gasteiger partial charge in [0.15, 0.2) is 5.82 Å². The number of anilines is 1. The van der Waals surface area contributed by atoms with Crippen molar-refractivity contribution >= 4 is 17.6 Å². The molecule has 1 aromatic heterocycles. The second kappa shape index (κ2) is 6.29. The smallest absolute Gasteiger partial charge is 0.410 e. The van der Waals surface area contributed by atoms with Crippen molar-refractivity contribution in [3.05, 3.63) is 23.2 Å². The Bertz CT molecular complexity index is 539. The second-order valence-corrected chi connectivity index (χ2v) is 6.43. The topological polar surface area (TPSA) is 75.1 Å². The Morgan fingerprint density at radius 2 is 2.09 bits per heavy atom. The average Bonchev–Trinajstić information content (AvgIpc) is 2.45. The van der Waals surface area contributed by atoms with Crippen LogP contribution in [0.1, 0.15) is 27.7 Å². The van der Waals surface area contributed by atoms with Crippen LogP contribution in [0.4, 0.5) is 16.3 Å². The highest BCUT2D eigenvalue weighted by molar-refractivity contribution is 5.69. The summed E-state index contributed by atoms with van der Waals surface area (Å²) in [6.45, 7) is 9.54. The minimum absolute atomic E-state index is 0.0347. The molecule has 0 spiro atoms. The van der Waals surface area contributed by atoms with E-state index in [-0.39, 0.29) is 18.0 Å². The number of ether oxygens (including phenoxy) is 1. The molecule has 2 heterocycles.